The number of benzene rings is 2. The van der Waals surface area contributed by atoms with E-state index < -0.39 is 5.97 Å². The molecule has 0 saturated heterocycles. The molecule has 2 aromatic carbocycles. The molecule has 6 heteroatoms. The van der Waals surface area contributed by atoms with Crippen LogP contribution in [0.4, 0.5) is 4.39 Å². The Bertz CT molecular complexity index is 1300. The van der Waals surface area contributed by atoms with Gasteiger partial charge in [0.05, 0.1) is 11.4 Å². The van der Waals surface area contributed by atoms with Crippen LogP contribution >= 0.6 is 0 Å². The molecule has 33 heavy (non-hydrogen) atoms. The molecule has 1 aromatic heterocycles. The minimum atomic E-state index is -0.614. The molecule has 5 nitrogen and oxygen atoms in total. The van der Waals surface area contributed by atoms with Crippen molar-refractivity contribution >= 4 is 28.2 Å². The second-order valence-electron chi connectivity index (χ2n) is 8.51. The van der Waals surface area contributed by atoms with Crippen molar-refractivity contribution in [1.29, 1.82) is 0 Å². The van der Waals surface area contributed by atoms with E-state index >= 15 is 0 Å². The van der Waals surface area contributed by atoms with Gasteiger partial charge in [0.2, 0.25) is 0 Å². The number of aryl methyl sites for hydroxylation is 2. The molecule has 1 heterocycles. The lowest BCUT2D eigenvalue weighted by Crippen LogP contribution is -2.18. The highest BCUT2D eigenvalue weighted by atomic mass is 19.1. The van der Waals surface area contributed by atoms with Gasteiger partial charge in [0.15, 0.2) is 5.78 Å². The van der Waals surface area contributed by atoms with Crippen molar-refractivity contribution in [3.63, 3.8) is 0 Å². The van der Waals surface area contributed by atoms with Crippen LogP contribution in [0.3, 0.4) is 0 Å². The number of fused-ring (bicyclic) bond motifs is 1. The highest BCUT2D eigenvalue weighted by Gasteiger charge is 2.26. The fourth-order valence-corrected chi connectivity index (χ4v) is 4.82. The maximum atomic E-state index is 14.9. The molecule has 1 atom stereocenters. The van der Waals surface area contributed by atoms with Gasteiger partial charge in [-0.05, 0) is 79.1 Å². The highest BCUT2D eigenvalue weighted by molar-refractivity contribution is 6.05. The number of halogens is 1. The van der Waals surface area contributed by atoms with Gasteiger partial charge < -0.3 is 4.89 Å². The fraction of sp³-hybridized carbons (Fsp3) is 0.296. The number of nitrogens with zero attached hydrogens (tertiary/aromatic N) is 1. The molecule has 1 unspecified atom stereocenters. The zero-order valence-electron chi connectivity index (χ0n) is 18.9. The van der Waals surface area contributed by atoms with E-state index in [-0.39, 0.29) is 17.5 Å². The zero-order chi connectivity index (χ0) is 23.7. The van der Waals surface area contributed by atoms with Gasteiger partial charge in [-0.1, -0.05) is 31.2 Å². The Kier molecular flexibility index (Phi) is 6.38. The van der Waals surface area contributed by atoms with E-state index in [1.54, 1.807) is 31.2 Å². The van der Waals surface area contributed by atoms with Crippen LogP contribution in [0.15, 0.2) is 42.5 Å². The Balaban J connectivity index is 1.95. The molecule has 3 aromatic rings. The van der Waals surface area contributed by atoms with Gasteiger partial charge in [0.25, 0.3) is 0 Å². The number of rotatable bonds is 5. The second-order valence-corrected chi connectivity index (χ2v) is 8.51. The first kappa shape index (κ1) is 22.8. The topological polar surface area (TPSA) is 76.5 Å². The van der Waals surface area contributed by atoms with Crippen LogP contribution in [0.2, 0.25) is 0 Å². The lowest BCUT2D eigenvalue weighted by molar-refractivity contribution is -0.239. The average Bonchev–Trinajstić information content (AvgIpc) is 2.83. The monoisotopic (exact) mass is 447 g/mol. The number of hydrogen-bond donors (Lipinski definition) is 1. The Morgan fingerprint density at radius 2 is 1.94 bits per heavy atom. The first-order valence-electron chi connectivity index (χ1n) is 11.1. The van der Waals surface area contributed by atoms with Gasteiger partial charge in [0, 0.05) is 17.4 Å². The van der Waals surface area contributed by atoms with E-state index in [0.717, 1.165) is 27.6 Å². The third-order valence-corrected chi connectivity index (χ3v) is 6.47. The highest BCUT2D eigenvalue weighted by Crippen LogP contribution is 2.40. The van der Waals surface area contributed by atoms with Crippen molar-refractivity contribution in [1.82, 2.24) is 4.98 Å². The van der Waals surface area contributed by atoms with Gasteiger partial charge in [-0.3, -0.25) is 4.79 Å². The molecule has 1 N–H and O–H groups in total. The third-order valence-electron chi connectivity index (χ3n) is 6.47. The number of ketones is 1. The van der Waals surface area contributed by atoms with Gasteiger partial charge in [-0.2, -0.15) is 5.26 Å². The molecular weight excluding hydrogens is 421 g/mol. The Labute approximate surface area is 191 Å². The van der Waals surface area contributed by atoms with Gasteiger partial charge in [-0.15, -0.1) is 0 Å². The van der Waals surface area contributed by atoms with Crippen molar-refractivity contribution in [3.8, 4) is 11.1 Å². The minimum absolute atomic E-state index is 0.0920. The summed E-state index contributed by atoms with van der Waals surface area (Å²) in [5.74, 6) is -1.43. The van der Waals surface area contributed by atoms with Gasteiger partial charge in [0.1, 0.15) is 11.5 Å². The molecular formula is C27H26FNO4. The molecule has 4 rings (SSSR count). The van der Waals surface area contributed by atoms with Crippen molar-refractivity contribution in [2.45, 2.75) is 46.5 Å². The molecule has 0 spiro atoms. The summed E-state index contributed by atoms with van der Waals surface area (Å²) in [6.07, 6.45) is 4.04. The molecule has 0 fully saturated rings. The number of carbonyl (C=O) groups is 2. The summed E-state index contributed by atoms with van der Waals surface area (Å²) in [5.41, 5.74) is 6.17. The summed E-state index contributed by atoms with van der Waals surface area (Å²) >= 11 is 0. The van der Waals surface area contributed by atoms with E-state index in [0.29, 0.717) is 48.0 Å². The van der Waals surface area contributed by atoms with Crippen LogP contribution in [-0.4, -0.2) is 22.0 Å². The predicted molar refractivity (Wildman–Crippen MR) is 125 cm³/mol. The standard InChI is InChI=1S/C27H26FNO4/c1-4-24(30)22-14-20(19-7-5-6-8-21(19)28)26-16(3)25(15(2)13-23(26)29-22)17-9-11-18(12-10-17)27(31)33-32/h5-9,13-14,18,32H,4,10-12H2,1-3H3. The van der Waals surface area contributed by atoms with E-state index in [1.807, 2.05) is 26.0 Å². The van der Waals surface area contributed by atoms with Crippen LogP contribution in [0, 0.1) is 25.6 Å². The van der Waals surface area contributed by atoms with Crippen molar-refractivity contribution in [2.24, 2.45) is 5.92 Å². The Morgan fingerprint density at radius 1 is 1.18 bits per heavy atom. The van der Waals surface area contributed by atoms with Crippen molar-refractivity contribution in [2.75, 3.05) is 0 Å². The van der Waals surface area contributed by atoms with Gasteiger partial charge >= 0.3 is 5.97 Å². The van der Waals surface area contributed by atoms with Crippen LogP contribution in [-0.2, 0) is 9.68 Å². The van der Waals surface area contributed by atoms with Gasteiger partial charge in [-0.25, -0.2) is 14.2 Å². The lowest BCUT2D eigenvalue weighted by atomic mass is 9.82. The van der Waals surface area contributed by atoms with Crippen LogP contribution in [0.1, 0.15) is 59.8 Å². The molecule has 0 radical (unpaired) electrons. The van der Waals surface area contributed by atoms with Crippen LogP contribution in [0.5, 0.6) is 0 Å². The summed E-state index contributed by atoms with van der Waals surface area (Å²) < 4.78 is 14.9. The second kappa shape index (κ2) is 9.24. The number of aromatic nitrogens is 1. The lowest BCUT2D eigenvalue weighted by Gasteiger charge is -2.23. The number of carbonyl (C=O) groups excluding carboxylic acids is 2. The summed E-state index contributed by atoms with van der Waals surface area (Å²) in [4.78, 5) is 32.7. The normalized spacial score (nSPS) is 15.9. The first-order chi connectivity index (χ1) is 15.8. The molecule has 0 aliphatic heterocycles. The zero-order valence-corrected chi connectivity index (χ0v) is 18.9. The smallest absolute Gasteiger partial charge is 0.301 e. The summed E-state index contributed by atoms with van der Waals surface area (Å²) in [6, 6.07) is 10.2. The number of pyridine rings is 1. The number of allylic oxidation sites excluding steroid dienone is 2. The molecule has 0 saturated carbocycles. The molecule has 0 amide bonds. The number of Topliss-reactive ketones (excluding diaryl/α,β-unsaturated/α-hetero) is 1. The Morgan fingerprint density at radius 3 is 2.58 bits per heavy atom. The molecule has 1 aliphatic rings. The maximum Gasteiger partial charge on any atom is 0.345 e. The summed E-state index contributed by atoms with van der Waals surface area (Å²) in [5, 5.41) is 9.50. The quantitative estimate of drug-likeness (QED) is 0.276. The minimum Gasteiger partial charge on any atom is -0.301 e. The SMILES string of the molecule is CCC(=O)c1cc(-c2ccccc2F)c2c(C)c(C3=CCC(C(=O)OO)CC3)c(C)cc2n1. The Hall–Kier alpha value is -3.38. The fourth-order valence-electron chi connectivity index (χ4n) is 4.82. The number of hydrogen-bond acceptors (Lipinski definition) is 5. The molecule has 170 valence electrons. The first-order valence-corrected chi connectivity index (χ1v) is 11.1. The average molecular weight is 448 g/mol. The van der Waals surface area contributed by atoms with Crippen LogP contribution in [0.25, 0.3) is 27.6 Å². The van der Waals surface area contributed by atoms with Crippen molar-refractivity contribution in [3.05, 3.63) is 70.7 Å². The predicted octanol–water partition coefficient (Wildman–Crippen LogP) is 6.45. The maximum absolute atomic E-state index is 14.9. The summed E-state index contributed by atoms with van der Waals surface area (Å²) in [6.45, 7) is 5.77. The van der Waals surface area contributed by atoms with E-state index in [2.05, 4.69) is 9.87 Å². The summed E-state index contributed by atoms with van der Waals surface area (Å²) in [7, 11) is 0. The van der Waals surface area contributed by atoms with E-state index in [9.17, 15) is 14.0 Å². The van der Waals surface area contributed by atoms with E-state index in [4.69, 9.17) is 5.26 Å². The molecule has 1 aliphatic carbocycles. The third kappa shape index (κ3) is 4.18. The largest absolute Gasteiger partial charge is 0.345 e. The van der Waals surface area contributed by atoms with E-state index in [1.165, 1.54) is 6.07 Å². The van der Waals surface area contributed by atoms with Crippen molar-refractivity contribution < 1.29 is 24.1 Å². The van der Waals surface area contributed by atoms with Crippen LogP contribution < -0.4 is 0 Å². The molecule has 0 bridgehead atoms.